The Morgan fingerprint density at radius 1 is 0.500 bits per heavy atom. The zero-order chi connectivity index (χ0) is 16.4. The first-order chi connectivity index (χ1) is 11.8. The van der Waals surface area contributed by atoms with Crippen LogP contribution in [0, 0.1) is 6.92 Å². The highest BCUT2D eigenvalue weighted by Crippen LogP contribution is 2.33. The molecule has 116 valence electrons. The van der Waals surface area contributed by atoms with Crippen LogP contribution in [-0.4, -0.2) is 0 Å². The molecule has 0 N–H and O–H groups in total. The predicted molar refractivity (Wildman–Crippen MR) is 107 cm³/mol. The fourth-order valence-corrected chi connectivity index (χ4v) is 5.42. The zero-order valence-corrected chi connectivity index (χ0v) is 14.6. The van der Waals surface area contributed by atoms with Gasteiger partial charge in [0.1, 0.15) is 0 Å². The van der Waals surface area contributed by atoms with Gasteiger partial charge in [0, 0.05) is 0 Å². The Kier molecular flexibility index (Phi) is 4.15. The summed E-state index contributed by atoms with van der Waals surface area (Å²) in [5, 5.41) is 6.82. The molecule has 0 saturated heterocycles. The van der Waals surface area contributed by atoms with Crippen LogP contribution >= 0.6 is 7.92 Å². The summed E-state index contributed by atoms with van der Waals surface area (Å²) in [6.07, 6.45) is 0. The number of aryl methyl sites for hydroxylation is 1. The summed E-state index contributed by atoms with van der Waals surface area (Å²) in [6.45, 7) is 2.15. The zero-order valence-electron chi connectivity index (χ0n) is 13.7. The van der Waals surface area contributed by atoms with E-state index in [2.05, 4.69) is 104 Å². The second-order valence-corrected chi connectivity index (χ2v) is 8.26. The van der Waals surface area contributed by atoms with E-state index in [1.807, 2.05) is 0 Å². The van der Waals surface area contributed by atoms with E-state index in [1.54, 1.807) is 0 Å². The lowest BCUT2D eigenvalue weighted by atomic mass is 10.1. The van der Waals surface area contributed by atoms with Crippen LogP contribution in [0.25, 0.3) is 10.8 Å². The lowest BCUT2D eigenvalue weighted by Crippen LogP contribution is -2.20. The lowest BCUT2D eigenvalue weighted by molar-refractivity contribution is 1.51. The summed E-state index contributed by atoms with van der Waals surface area (Å²) in [5.41, 5.74) is 1.31. The number of hydrogen-bond acceptors (Lipinski definition) is 0. The van der Waals surface area contributed by atoms with Crippen molar-refractivity contribution in [3.8, 4) is 0 Å². The third-order valence-electron chi connectivity index (χ3n) is 4.27. The molecule has 1 heteroatoms. The molecular weight excluding hydrogens is 307 g/mol. The summed E-state index contributed by atoms with van der Waals surface area (Å²) < 4.78 is 0. The third-order valence-corrected chi connectivity index (χ3v) is 6.69. The highest BCUT2D eigenvalue weighted by atomic mass is 31.1. The van der Waals surface area contributed by atoms with Gasteiger partial charge in [0.15, 0.2) is 0 Å². The van der Waals surface area contributed by atoms with E-state index >= 15 is 0 Å². The first kappa shape index (κ1) is 15.1. The van der Waals surface area contributed by atoms with E-state index in [4.69, 9.17) is 0 Å². The van der Waals surface area contributed by atoms with Gasteiger partial charge in [0.25, 0.3) is 0 Å². The lowest BCUT2D eigenvalue weighted by Gasteiger charge is -2.19. The largest absolute Gasteiger partial charge is 0.0622 e. The quantitative estimate of drug-likeness (QED) is 0.469. The van der Waals surface area contributed by atoms with Crippen LogP contribution in [0.4, 0.5) is 0 Å². The van der Waals surface area contributed by atoms with Crippen molar-refractivity contribution in [2.45, 2.75) is 6.92 Å². The molecule has 0 aromatic heterocycles. The second-order valence-electron chi connectivity index (χ2n) is 6.04. The van der Waals surface area contributed by atoms with Crippen LogP contribution in [0.2, 0.25) is 0 Å². The minimum atomic E-state index is -0.527. The molecule has 0 saturated carbocycles. The minimum Gasteiger partial charge on any atom is -0.0622 e. The molecule has 0 fully saturated rings. The highest BCUT2D eigenvalue weighted by Gasteiger charge is 2.16. The monoisotopic (exact) mass is 326 g/mol. The third kappa shape index (κ3) is 2.98. The van der Waals surface area contributed by atoms with Crippen molar-refractivity contribution in [1.29, 1.82) is 0 Å². The van der Waals surface area contributed by atoms with Gasteiger partial charge >= 0.3 is 0 Å². The molecule has 0 aliphatic heterocycles. The molecule has 0 aliphatic carbocycles. The molecule has 24 heavy (non-hydrogen) atoms. The maximum atomic E-state index is 2.36. The van der Waals surface area contributed by atoms with E-state index < -0.39 is 7.92 Å². The van der Waals surface area contributed by atoms with Gasteiger partial charge in [-0.05, 0) is 47.6 Å². The predicted octanol–water partition coefficient (Wildman–Crippen LogP) is 4.91. The first-order valence-electron chi connectivity index (χ1n) is 8.22. The van der Waals surface area contributed by atoms with Gasteiger partial charge < -0.3 is 0 Å². The Morgan fingerprint density at radius 3 is 1.67 bits per heavy atom. The molecule has 0 heterocycles. The van der Waals surface area contributed by atoms with Gasteiger partial charge in [-0.25, -0.2) is 0 Å². The van der Waals surface area contributed by atoms with Crippen LogP contribution in [0.15, 0.2) is 97.1 Å². The molecule has 0 amide bonds. The number of rotatable bonds is 3. The standard InChI is InChI=1S/C23H19P/c1-18-12-13-20-17-23(15-14-19(20)16-18)24(21-8-4-2-5-9-21)22-10-6-3-7-11-22/h2-17H,1H3. The van der Waals surface area contributed by atoms with Crippen molar-refractivity contribution in [2.75, 3.05) is 0 Å². The smallest absolute Gasteiger partial charge is 0.0134 e. The molecule has 0 aliphatic rings. The molecule has 0 bridgehead atoms. The minimum absolute atomic E-state index is 0.527. The fourth-order valence-electron chi connectivity index (χ4n) is 3.09. The van der Waals surface area contributed by atoms with Crippen LogP contribution in [-0.2, 0) is 0 Å². The topological polar surface area (TPSA) is 0 Å². The number of hydrogen-bond donors (Lipinski definition) is 0. The van der Waals surface area contributed by atoms with Gasteiger partial charge in [-0.2, -0.15) is 0 Å². The molecule has 4 aromatic rings. The average Bonchev–Trinajstić information content (AvgIpc) is 2.64. The van der Waals surface area contributed by atoms with Crippen molar-refractivity contribution < 1.29 is 0 Å². The van der Waals surface area contributed by atoms with Gasteiger partial charge in [0.05, 0.1) is 0 Å². The van der Waals surface area contributed by atoms with Gasteiger partial charge in [-0.3, -0.25) is 0 Å². The summed E-state index contributed by atoms with van der Waals surface area (Å²) in [4.78, 5) is 0. The van der Waals surface area contributed by atoms with Crippen LogP contribution in [0.1, 0.15) is 5.56 Å². The Balaban J connectivity index is 1.89. The van der Waals surface area contributed by atoms with Crippen molar-refractivity contribution in [3.63, 3.8) is 0 Å². The summed E-state index contributed by atoms with van der Waals surface area (Å²) in [6, 6.07) is 35.3. The average molecular weight is 326 g/mol. The maximum absolute atomic E-state index is 2.36. The van der Waals surface area contributed by atoms with Gasteiger partial charge in [-0.15, -0.1) is 0 Å². The molecular formula is C23H19P. The van der Waals surface area contributed by atoms with Crippen LogP contribution < -0.4 is 15.9 Å². The van der Waals surface area contributed by atoms with E-state index in [-0.39, 0.29) is 0 Å². The second kappa shape index (κ2) is 6.59. The molecule has 0 spiro atoms. The molecule has 0 atom stereocenters. The SMILES string of the molecule is Cc1ccc2cc(P(c3ccccc3)c3ccccc3)ccc2c1. The molecule has 0 nitrogen and oxygen atoms in total. The highest BCUT2D eigenvalue weighted by molar-refractivity contribution is 7.79. The van der Waals surface area contributed by atoms with Crippen LogP contribution in [0.3, 0.4) is 0 Å². The van der Waals surface area contributed by atoms with E-state index in [0.717, 1.165) is 0 Å². The van der Waals surface area contributed by atoms with Crippen molar-refractivity contribution in [3.05, 3.63) is 103 Å². The Morgan fingerprint density at radius 2 is 1.04 bits per heavy atom. The Labute approximate surface area is 144 Å². The number of fused-ring (bicyclic) bond motifs is 1. The van der Waals surface area contributed by atoms with E-state index in [9.17, 15) is 0 Å². The van der Waals surface area contributed by atoms with E-state index in [1.165, 1.54) is 32.2 Å². The van der Waals surface area contributed by atoms with Gasteiger partial charge in [-0.1, -0.05) is 96.6 Å². The molecule has 0 unspecified atom stereocenters. The summed E-state index contributed by atoms with van der Waals surface area (Å²) >= 11 is 0. The van der Waals surface area contributed by atoms with Crippen LogP contribution in [0.5, 0.6) is 0 Å². The fraction of sp³-hybridized carbons (Fsp3) is 0.0435. The molecule has 4 aromatic carbocycles. The van der Waals surface area contributed by atoms with Gasteiger partial charge in [0.2, 0.25) is 0 Å². The molecule has 4 rings (SSSR count). The maximum Gasteiger partial charge on any atom is -0.0134 e. The summed E-state index contributed by atoms with van der Waals surface area (Å²) in [7, 11) is -0.527. The Bertz CT molecular complexity index is 919. The van der Waals surface area contributed by atoms with Crippen molar-refractivity contribution in [2.24, 2.45) is 0 Å². The molecule has 0 radical (unpaired) electrons. The van der Waals surface area contributed by atoms with Crippen molar-refractivity contribution >= 4 is 34.6 Å². The van der Waals surface area contributed by atoms with E-state index in [0.29, 0.717) is 0 Å². The van der Waals surface area contributed by atoms with Crippen molar-refractivity contribution in [1.82, 2.24) is 0 Å². The first-order valence-corrected chi connectivity index (χ1v) is 9.56. The number of benzene rings is 4. The normalized spacial score (nSPS) is 11.1. The summed E-state index contributed by atoms with van der Waals surface area (Å²) in [5.74, 6) is 0. The Hall–Kier alpha value is -2.43.